The van der Waals surface area contributed by atoms with Gasteiger partial charge in [0.2, 0.25) is 0 Å². The van der Waals surface area contributed by atoms with Crippen LogP contribution in [-0.2, 0) is 30.3 Å². The molecule has 0 amide bonds. The third kappa shape index (κ3) is 6.77. The van der Waals surface area contributed by atoms with Crippen molar-refractivity contribution in [2.45, 2.75) is 91.4 Å². The van der Waals surface area contributed by atoms with Gasteiger partial charge in [-0.25, -0.2) is 0 Å². The van der Waals surface area contributed by atoms with Gasteiger partial charge in [-0.1, -0.05) is 65.0 Å². The molecule has 1 N–H and O–H groups in total. The molecule has 1 aromatic rings. The highest BCUT2D eigenvalue weighted by Gasteiger charge is 2.46. The molecule has 2 aliphatic rings. The normalized spacial score (nSPS) is 33.4. The Morgan fingerprint density at radius 2 is 1.70 bits per heavy atom. The van der Waals surface area contributed by atoms with E-state index < -0.39 is 11.9 Å². The topological polar surface area (TPSA) is 66.4 Å². The summed E-state index contributed by atoms with van der Waals surface area (Å²) in [6.07, 6.45) is 0.0832. The summed E-state index contributed by atoms with van der Waals surface area (Å²) in [6.45, 7) is 14.4. The molecule has 0 aliphatic carbocycles. The fourth-order valence-corrected chi connectivity index (χ4v) is 4.98. The number of benzene rings is 1. The van der Waals surface area contributed by atoms with Crippen LogP contribution in [0.4, 0.5) is 0 Å². The van der Waals surface area contributed by atoms with Crippen molar-refractivity contribution in [2.24, 2.45) is 23.2 Å². The molecule has 0 radical (unpaired) electrons. The van der Waals surface area contributed by atoms with Gasteiger partial charge in [0.1, 0.15) is 0 Å². The summed E-state index contributed by atoms with van der Waals surface area (Å²) in [4.78, 5) is 0. The van der Waals surface area contributed by atoms with Crippen molar-refractivity contribution in [3.63, 3.8) is 0 Å². The zero-order valence-electron chi connectivity index (χ0n) is 21.5. The van der Waals surface area contributed by atoms with Crippen LogP contribution in [0.3, 0.4) is 0 Å². The van der Waals surface area contributed by atoms with E-state index in [9.17, 15) is 5.11 Å². The van der Waals surface area contributed by atoms with Crippen LogP contribution in [0.15, 0.2) is 30.3 Å². The summed E-state index contributed by atoms with van der Waals surface area (Å²) in [6, 6.07) is 10.2. The molecule has 1 aromatic carbocycles. The molecular formula is C27H44O6. The second kappa shape index (κ2) is 11.1. The molecular weight excluding hydrogens is 420 g/mol. The van der Waals surface area contributed by atoms with Crippen molar-refractivity contribution in [3.05, 3.63) is 35.9 Å². The second-order valence-electron chi connectivity index (χ2n) is 11.0. The van der Waals surface area contributed by atoms with Gasteiger partial charge in [-0.2, -0.15) is 0 Å². The van der Waals surface area contributed by atoms with E-state index in [1.165, 1.54) is 0 Å². The number of aliphatic hydroxyl groups excluding tert-OH is 1. The van der Waals surface area contributed by atoms with Crippen molar-refractivity contribution < 1.29 is 28.8 Å². The van der Waals surface area contributed by atoms with Gasteiger partial charge in [-0.3, -0.25) is 0 Å². The minimum Gasteiger partial charge on any atom is -0.393 e. The Morgan fingerprint density at radius 1 is 1.06 bits per heavy atom. The molecule has 2 heterocycles. The minimum atomic E-state index is -0.653. The van der Waals surface area contributed by atoms with Crippen LogP contribution < -0.4 is 0 Å². The monoisotopic (exact) mass is 464 g/mol. The molecule has 0 saturated carbocycles. The maximum absolute atomic E-state index is 11.1. The van der Waals surface area contributed by atoms with Gasteiger partial charge < -0.3 is 28.8 Å². The average molecular weight is 465 g/mol. The minimum absolute atomic E-state index is 0.0252. The van der Waals surface area contributed by atoms with E-state index in [0.717, 1.165) is 5.56 Å². The first-order valence-corrected chi connectivity index (χ1v) is 12.3. The predicted molar refractivity (Wildman–Crippen MR) is 128 cm³/mol. The molecule has 7 atom stereocenters. The van der Waals surface area contributed by atoms with Crippen molar-refractivity contribution in [1.29, 1.82) is 0 Å². The zero-order valence-corrected chi connectivity index (χ0v) is 21.5. The van der Waals surface area contributed by atoms with Gasteiger partial charge in [0.15, 0.2) is 12.1 Å². The first-order chi connectivity index (χ1) is 15.6. The lowest BCUT2D eigenvalue weighted by atomic mass is 9.78. The third-order valence-electron chi connectivity index (χ3n) is 7.35. The summed E-state index contributed by atoms with van der Waals surface area (Å²) in [5.41, 5.74) is 1.17. The number of hydrogen-bond acceptors (Lipinski definition) is 6. The Bertz CT molecular complexity index is 713. The molecule has 3 rings (SSSR count). The molecule has 0 unspecified atom stereocenters. The van der Waals surface area contributed by atoms with Crippen LogP contribution >= 0.6 is 0 Å². The molecule has 188 valence electrons. The Hall–Kier alpha value is -1.02. The summed E-state index contributed by atoms with van der Waals surface area (Å²) >= 11 is 0. The van der Waals surface area contributed by atoms with Crippen LogP contribution in [0.25, 0.3) is 0 Å². The Kier molecular flexibility index (Phi) is 8.98. The lowest BCUT2D eigenvalue weighted by Crippen LogP contribution is -2.54. The van der Waals surface area contributed by atoms with Gasteiger partial charge >= 0.3 is 0 Å². The highest BCUT2D eigenvalue weighted by atomic mass is 16.7. The number of hydrogen-bond donors (Lipinski definition) is 1. The van der Waals surface area contributed by atoms with Crippen molar-refractivity contribution >= 4 is 0 Å². The maximum atomic E-state index is 11.1. The third-order valence-corrected chi connectivity index (χ3v) is 7.35. The van der Waals surface area contributed by atoms with E-state index in [2.05, 4.69) is 46.8 Å². The lowest BCUT2D eigenvalue weighted by Gasteiger charge is -2.47. The Morgan fingerprint density at radius 3 is 2.30 bits per heavy atom. The molecule has 6 nitrogen and oxygen atoms in total. The standard InChI is InChI=1S/C27H44O6/c1-18(22(28)13-14-27(6)31-16-26(4,5)17-32-27)24-19(2)23(20(3)25(29-7)33-24)30-15-21-11-9-8-10-12-21/h8-12,18-20,22-25,28H,13-17H2,1-7H3/t18-,19-,20+,22+,23+,24-,25+/m1/s1. The molecule has 0 aromatic heterocycles. The molecule has 33 heavy (non-hydrogen) atoms. The zero-order chi connectivity index (χ0) is 24.2. The fraction of sp³-hybridized carbons (Fsp3) is 0.778. The summed E-state index contributed by atoms with van der Waals surface area (Å²) < 4.78 is 30.4. The molecule has 0 bridgehead atoms. The van der Waals surface area contributed by atoms with Crippen molar-refractivity contribution in [2.75, 3.05) is 20.3 Å². The van der Waals surface area contributed by atoms with Crippen LogP contribution in [0.5, 0.6) is 0 Å². The van der Waals surface area contributed by atoms with E-state index >= 15 is 0 Å². The highest BCUT2D eigenvalue weighted by molar-refractivity contribution is 5.13. The molecule has 0 spiro atoms. The molecule has 2 aliphatic heterocycles. The van der Waals surface area contributed by atoms with Gasteiger partial charge in [-0.15, -0.1) is 0 Å². The van der Waals surface area contributed by atoms with Crippen LogP contribution in [0.2, 0.25) is 0 Å². The predicted octanol–water partition coefficient (Wildman–Crippen LogP) is 4.78. The summed E-state index contributed by atoms with van der Waals surface area (Å²) in [5, 5.41) is 11.1. The fourth-order valence-electron chi connectivity index (χ4n) is 4.98. The maximum Gasteiger partial charge on any atom is 0.165 e. The van der Waals surface area contributed by atoms with Crippen LogP contribution in [0, 0.1) is 23.2 Å². The van der Waals surface area contributed by atoms with Crippen LogP contribution in [-0.4, -0.2) is 55.8 Å². The van der Waals surface area contributed by atoms with E-state index in [0.29, 0.717) is 32.7 Å². The number of aliphatic hydroxyl groups is 1. The quantitative estimate of drug-likeness (QED) is 0.567. The van der Waals surface area contributed by atoms with E-state index in [1.54, 1.807) is 7.11 Å². The van der Waals surface area contributed by atoms with E-state index in [-0.39, 0.29) is 41.7 Å². The van der Waals surface area contributed by atoms with Gasteiger partial charge in [-0.05, 0) is 18.9 Å². The molecule has 2 saturated heterocycles. The Labute approximate surface area is 199 Å². The van der Waals surface area contributed by atoms with Gasteiger partial charge in [0, 0.05) is 36.7 Å². The molecule has 6 heteroatoms. The van der Waals surface area contributed by atoms with Crippen LogP contribution in [0.1, 0.15) is 59.9 Å². The largest absolute Gasteiger partial charge is 0.393 e. The van der Waals surface area contributed by atoms with Crippen molar-refractivity contribution in [3.8, 4) is 0 Å². The number of methoxy groups -OCH3 is 1. The number of ether oxygens (including phenoxy) is 5. The van der Waals surface area contributed by atoms with Crippen molar-refractivity contribution in [1.82, 2.24) is 0 Å². The van der Waals surface area contributed by atoms with E-state index in [1.807, 2.05) is 25.1 Å². The molecule has 2 fully saturated rings. The van der Waals surface area contributed by atoms with Gasteiger partial charge in [0.05, 0.1) is 38.1 Å². The lowest BCUT2D eigenvalue weighted by molar-refractivity contribution is -0.296. The first-order valence-electron chi connectivity index (χ1n) is 12.3. The second-order valence-corrected chi connectivity index (χ2v) is 11.0. The summed E-state index contributed by atoms with van der Waals surface area (Å²) in [7, 11) is 1.67. The van der Waals surface area contributed by atoms with E-state index in [4.69, 9.17) is 23.7 Å². The summed E-state index contributed by atoms with van der Waals surface area (Å²) in [5.74, 6) is -0.546. The highest BCUT2D eigenvalue weighted by Crippen LogP contribution is 2.39. The Balaban J connectivity index is 1.60. The SMILES string of the molecule is CO[C@H]1O[C@H]([C@H](C)[C@@H](O)CCC2(C)OCC(C)(C)CO2)[C@H](C)[C@H](OCc2ccccc2)[C@@H]1C. The number of rotatable bonds is 9. The first kappa shape index (κ1) is 26.6. The van der Waals surface area contributed by atoms with Gasteiger partial charge in [0.25, 0.3) is 0 Å². The average Bonchev–Trinajstić information content (AvgIpc) is 2.80. The smallest absolute Gasteiger partial charge is 0.165 e.